The molecule has 0 unspecified atom stereocenters. The van der Waals surface area contributed by atoms with Crippen LogP contribution in [0.2, 0.25) is 10.0 Å². The molecule has 2 aromatic rings. The Hall–Kier alpha value is -1.59. The first-order chi connectivity index (χ1) is 9.33. The third-order valence-electron chi connectivity index (χ3n) is 2.24. The Balaban J connectivity index is 2.19. The number of nitrogens with zero attached hydrogens (tertiary/aromatic N) is 3. The SMILES string of the molecule is CC(C)(C)Nc1cnnc(Nc2ccc(Cl)cc2Cl)n1. The van der Waals surface area contributed by atoms with Gasteiger partial charge in [0.05, 0.1) is 16.9 Å². The van der Waals surface area contributed by atoms with Crippen LogP contribution in [0.1, 0.15) is 20.8 Å². The highest BCUT2D eigenvalue weighted by molar-refractivity contribution is 6.36. The molecule has 0 aliphatic carbocycles. The van der Waals surface area contributed by atoms with Gasteiger partial charge in [0.15, 0.2) is 5.82 Å². The lowest BCUT2D eigenvalue weighted by atomic mass is 10.1. The summed E-state index contributed by atoms with van der Waals surface area (Å²) in [4.78, 5) is 4.33. The third-order valence-corrected chi connectivity index (χ3v) is 2.79. The second-order valence-electron chi connectivity index (χ2n) is 5.29. The average molecular weight is 312 g/mol. The molecule has 0 saturated carbocycles. The van der Waals surface area contributed by atoms with Crippen molar-refractivity contribution >= 4 is 40.7 Å². The van der Waals surface area contributed by atoms with Crippen molar-refractivity contribution in [2.45, 2.75) is 26.3 Å². The highest BCUT2D eigenvalue weighted by Gasteiger charge is 2.11. The van der Waals surface area contributed by atoms with Crippen LogP contribution in [0.4, 0.5) is 17.5 Å². The third kappa shape index (κ3) is 4.21. The molecule has 1 aromatic carbocycles. The molecule has 20 heavy (non-hydrogen) atoms. The molecule has 0 atom stereocenters. The molecular weight excluding hydrogens is 297 g/mol. The number of hydrogen-bond donors (Lipinski definition) is 2. The Kier molecular flexibility index (Phi) is 4.30. The predicted molar refractivity (Wildman–Crippen MR) is 82.9 cm³/mol. The Morgan fingerprint density at radius 2 is 1.90 bits per heavy atom. The highest BCUT2D eigenvalue weighted by atomic mass is 35.5. The largest absolute Gasteiger partial charge is 0.364 e. The Morgan fingerprint density at radius 3 is 2.55 bits per heavy atom. The number of rotatable bonds is 3. The summed E-state index contributed by atoms with van der Waals surface area (Å²) in [7, 11) is 0. The first kappa shape index (κ1) is 14.8. The van der Waals surface area contributed by atoms with E-state index in [9.17, 15) is 0 Å². The van der Waals surface area contributed by atoms with Crippen molar-refractivity contribution in [3.05, 3.63) is 34.4 Å². The molecule has 0 spiro atoms. The van der Waals surface area contributed by atoms with Crippen molar-refractivity contribution in [2.75, 3.05) is 10.6 Å². The van der Waals surface area contributed by atoms with E-state index in [1.807, 2.05) is 20.8 Å². The summed E-state index contributed by atoms with van der Waals surface area (Å²) < 4.78 is 0. The summed E-state index contributed by atoms with van der Waals surface area (Å²) in [5.74, 6) is 1.00. The first-order valence-electron chi connectivity index (χ1n) is 6.03. The van der Waals surface area contributed by atoms with E-state index in [2.05, 4.69) is 25.8 Å². The fourth-order valence-electron chi connectivity index (χ4n) is 1.51. The van der Waals surface area contributed by atoms with Crippen LogP contribution in [0.3, 0.4) is 0 Å². The van der Waals surface area contributed by atoms with Gasteiger partial charge in [-0.15, -0.1) is 5.10 Å². The van der Waals surface area contributed by atoms with E-state index in [0.717, 1.165) is 0 Å². The molecule has 5 nitrogen and oxygen atoms in total. The van der Waals surface area contributed by atoms with Crippen molar-refractivity contribution in [3.8, 4) is 0 Å². The van der Waals surface area contributed by atoms with Crippen LogP contribution in [0.5, 0.6) is 0 Å². The number of aromatic nitrogens is 3. The number of benzene rings is 1. The van der Waals surface area contributed by atoms with Gasteiger partial charge in [0.1, 0.15) is 0 Å². The maximum atomic E-state index is 6.09. The number of anilines is 3. The highest BCUT2D eigenvalue weighted by Crippen LogP contribution is 2.27. The van der Waals surface area contributed by atoms with Gasteiger partial charge in [0, 0.05) is 10.6 Å². The topological polar surface area (TPSA) is 62.7 Å². The molecule has 0 bridgehead atoms. The maximum Gasteiger partial charge on any atom is 0.249 e. The summed E-state index contributed by atoms with van der Waals surface area (Å²) in [5, 5.41) is 15.1. The van der Waals surface area contributed by atoms with Gasteiger partial charge in [-0.05, 0) is 39.0 Å². The summed E-state index contributed by atoms with van der Waals surface area (Å²) >= 11 is 11.9. The van der Waals surface area contributed by atoms with Crippen LogP contribution in [0.25, 0.3) is 0 Å². The predicted octanol–water partition coefficient (Wildman–Crippen LogP) is 4.13. The van der Waals surface area contributed by atoms with E-state index < -0.39 is 0 Å². The van der Waals surface area contributed by atoms with Crippen LogP contribution < -0.4 is 10.6 Å². The zero-order valence-corrected chi connectivity index (χ0v) is 12.9. The molecule has 7 heteroatoms. The molecule has 1 heterocycles. The molecule has 0 amide bonds. The van der Waals surface area contributed by atoms with Gasteiger partial charge < -0.3 is 10.6 Å². The van der Waals surface area contributed by atoms with E-state index in [4.69, 9.17) is 23.2 Å². The molecule has 0 aliphatic heterocycles. The van der Waals surface area contributed by atoms with E-state index in [1.54, 1.807) is 24.4 Å². The first-order valence-corrected chi connectivity index (χ1v) is 6.79. The fourth-order valence-corrected chi connectivity index (χ4v) is 1.97. The van der Waals surface area contributed by atoms with Crippen LogP contribution in [0.15, 0.2) is 24.4 Å². The van der Waals surface area contributed by atoms with Gasteiger partial charge in [-0.3, -0.25) is 0 Å². The van der Waals surface area contributed by atoms with Crippen molar-refractivity contribution in [3.63, 3.8) is 0 Å². The minimum atomic E-state index is -0.106. The van der Waals surface area contributed by atoms with Gasteiger partial charge in [-0.1, -0.05) is 23.2 Å². The van der Waals surface area contributed by atoms with Crippen molar-refractivity contribution in [1.82, 2.24) is 15.2 Å². The second kappa shape index (κ2) is 5.81. The number of halogens is 2. The molecule has 0 radical (unpaired) electrons. The van der Waals surface area contributed by atoms with Crippen LogP contribution in [-0.4, -0.2) is 20.7 Å². The van der Waals surface area contributed by atoms with E-state index in [0.29, 0.717) is 27.5 Å². The van der Waals surface area contributed by atoms with E-state index >= 15 is 0 Å². The zero-order valence-electron chi connectivity index (χ0n) is 11.4. The summed E-state index contributed by atoms with van der Waals surface area (Å²) in [5.41, 5.74) is 0.566. The van der Waals surface area contributed by atoms with Crippen molar-refractivity contribution < 1.29 is 0 Å². The Labute approximate surface area is 127 Å². The molecule has 2 rings (SSSR count). The van der Waals surface area contributed by atoms with Gasteiger partial charge in [-0.2, -0.15) is 10.1 Å². The fraction of sp³-hybridized carbons (Fsp3) is 0.308. The normalized spacial score (nSPS) is 11.2. The van der Waals surface area contributed by atoms with E-state index in [1.165, 1.54) is 0 Å². The quantitative estimate of drug-likeness (QED) is 0.892. The number of nitrogens with one attached hydrogen (secondary N) is 2. The van der Waals surface area contributed by atoms with E-state index in [-0.39, 0.29) is 5.54 Å². The summed E-state index contributed by atoms with van der Waals surface area (Å²) in [6.07, 6.45) is 1.57. The molecule has 2 N–H and O–H groups in total. The molecule has 106 valence electrons. The molecule has 0 aliphatic rings. The Bertz CT molecular complexity index is 610. The second-order valence-corrected chi connectivity index (χ2v) is 6.13. The smallest absolute Gasteiger partial charge is 0.249 e. The van der Waals surface area contributed by atoms with Crippen molar-refractivity contribution in [2.24, 2.45) is 0 Å². The standard InChI is InChI=1S/C13H15Cl2N5/c1-13(2,3)19-11-7-16-20-12(18-11)17-10-5-4-8(14)6-9(10)15/h4-7H,1-3H3,(H2,17,18,19,20). The minimum Gasteiger partial charge on any atom is -0.364 e. The molecular formula is C13H15Cl2N5. The Morgan fingerprint density at radius 1 is 1.15 bits per heavy atom. The maximum absolute atomic E-state index is 6.09. The van der Waals surface area contributed by atoms with Gasteiger partial charge >= 0.3 is 0 Å². The zero-order chi connectivity index (χ0) is 14.8. The van der Waals surface area contributed by atoms with Gasteiger partial charge in [0.2, 0.25) is 5.95 Å². The molecule has 0 saturated heterocycles. The minimum absolute atomic E-state index is 0.106. The number of hydrogen-bond acceptors (Lipinski definition) is 5. The monoisotopic (exact) mass is 311 g/mol. The van der Waals surface area contributed by atoms with Crippen LogP contribution in [-0.2, 0) is 0 Å². The molecule has 0 fully saturated rings. The van der Waals surface area contributed by atoms with Gasteiger partial charge in [-0.25, -0.2) is 0 Å². The lowest BCUT2D eigenvalue weighted by Crippen LogP contribution is -2.27. The summed E-state index contributed by atoms with van der Waals surface area (Å²) in [6.45, 7) is 6.12. The lowest BCUT2D eigenvalue weighted by Gasteiger charge is -2.20. The summed E-state index contributed by atoms with van der Waals surface area (Å²) in [6, 6.07) is 5.15. The lowest BCUT2D eigenvalue weighted by molar-refractivity contribution is 0.629. The van der Waals surface area contributed by atoms with Crippen LogP contribution >= 0.6 is 23.2 Å². The molecule has 1 aromatic heterocycles. The van der Waals surface area contributed by atoms with Gasteiger partial charge in [0.25, 0.3) is 0 Å². The average Bonchev–Trinajstić information content (AvgIpc) is 2.31. The van der Waals surface area contributed by atoms with Crippen LogP contribution in [0, 0.1) is 0 Å². The van der Waals surface area contributed by atoms with Crippen molar-refractivity contribution in [1.29, 1.82) is 0 Å².